The third kappa shape index (κ3) is 3.55. The molecule has 0 spiro atoms. The number of ether oxygens (including phenoxy) is 1. The highest BCUT2D eigenvalue weighted by atomic mass is 16.5. The van der Waals surface area contributed by atoms with Gasteiger partial charge in [-0.15, -0.1) is 0 Å². The van der Waals surface area contributed by atoms with Gasteiger partial charge in [-0.25, -0.2) is 0 Å². The first kappa shape index (κ1) is 14.5. The standard InChI is InChI=1S/C14H19N3O3/c1-10(18)16-11-3-2-4-12(9-11)17-13(19)14(15)5-7-20-8-6-14/h2-4,9H,5-8,15H2,1H3,(H,16,18)(H,17,19). The van der Waals surface area contributed by atoms with Crippen molar-refractivity contribution in [3.8, 4) is 0 Å². The summed E-state index contributed by atoms with van der Waals surface area (Å²) in [6.45, 7) is 2.42. The van der Waals surface area contributed by atoms with Crippen LogP contribution in [0.1, 0.15) is 19.8 Å². The van der Waals surface area contributed by atoms with Crippen molar-refractivity contribution >= 4 is 23.2 Å². The summed E-state index contributed by atoms with van der Waals surface area (Å²) < 4.78 is 5.22. The van der Waals surface area contributed by atoms with Crippen molar-refractivity contribution in [3.05, 3.63) is 24.3 Å². The highest BCUT2D eigenvalue weighted by Gasteiger charge is 2.35. The topological polar surface area (TPSA) is 93.5 Å². The maximum absolute atomic E-state index is 12.2. The molecule has 20 heavy (non-hydrogen) atoms. The second kappa shape index (κ2) is 6.02. The molecule has 1 saturated heterocycles. The molecule has 0 bridgehead atoms. The van der Waals surface area contributed by atoms with Crippen molar-refractivity contribution in [2.45, 2.75) is 25.3 Å². The molecular formula is C14H19N3O3. The van der Waals surface area contributed by atoms with Crippen LogP contribution in [0.3, 0.4) is 0 Å². The van der Waals surface area contributed by atoms with E-state index in [0.717, 1.165) is 0 Å². The summed E-state index contributed by atoms with van der Waals surface area (Å²) >= 11 is 0. The van der Waals surface area contributed by atoms with E-state index in [-0.39, 0.29) is 11.8 Å². The van der Waals surface area contributed by atoms with Gasteiger partial charge in [0.25, 0.3) is 0 Å². The van der Waals surface area contributed by atoms with Crippen LogP contribution in [0.5, 0.6) is 0 Å². The van der Waals surface area contributed by atoms with Crippen molar-refractivity contribution in [1.29, 1.82) is 0 Å². The zero-order valence-corrected chi connectivity index (χ0v) is 11.4. The summed E-state index contributed by atoms with van der Waals surface area (Å²) in [6.07, 6.45) is 1.01. The fourth-order valence-electron chi connectivity index (χ4n) is 2.10. The Morgan fingerprint density at radius 2 is 1.80 bits per heavy atom. The number of anilines is 2. The number of carbonyl (C=O) groups is 2. The number of carbonyl (C=O) groups excluding carboxylic acids is 2. The highest BCUT2D eigenvalue weighted by molar-refractivity contribution is 5.98. The number of rotatable bonds is 3. The second-order valence-electron chi connectivity index (χ2n) is 4.98. The van der Waals surface area contributed by atoms with Gasteiger partial charge >= 0.3 is 0 Å². The van der Waals surface area contributed by atoms with Crippen LogP contribution in [0.25, 0.3) is 0 Å². The van der Waals surface area contributed by atoms with E-state index in [0.29, 0.717) is 37.4 Å². The summed E-state index contributed by atoms with van der Waals surface area (Å²) in [7, 11) is 0. The summed E-state index contributed by atoms with van der Waals surface area (Å²) in [4.78, 5) is 23.3. The molecule has 6 nitrogen and oxygen atoms in total. The fourth-order valence-corrected chi connectivity index (χ4v) is 2.10. The number of hydrogen-bond acceptors (Lipinski definition) is 4. The van der Waals surface area contributed by atoms with Crippen molar-refractivity contribution in [2.75, 3.05) is 23.8 Å². The van der Waals surface area contributed by atoms with Gasteiger partial charge in [-0.1, -0.05) is 6.07 Å². The lowest BCUT2D eigenvalue weighted by Crippen LogP contribution is -2.54. The molecule has 4 N–H and O–H groups in total. The zero-order chi connectivity index (χ0) is 14.6. The Balaban J connectivity index is 2.05. The van der Waals surface area contributed by atoms with Crippen LogP contribution in [0, 0.1) is 0 Å². The minimum Gasteiger partial charge on any atom is -0.381 e. The first-order valence-electron chi connectivity index (χ1n) is 6.55. The molecule has 1 aliphatic heterocycles. The molecule has 2 amide bonds. The van der Waals surface area contributed by atoms with Gasteiger partial charge in [0, 0.05) is 31.5 Å². The van der Waals surface area contributed by atoms with Gasteiger partial charge in [-0.2, -0.15) is 0 Å². The minimum absolute atomic E-state index is 0.159. The Hall–Kier alpha value is -1.92. The molecule has 0 aliphatic carbocycles. The van der Waals surface area contributed by atoms with E-state index in [4.69, 9.17) is 10.5 Å². The van der Waals surface area contributed by atoms with E-state index in [9.17, 15) is 9.59 Å². The van der Waals surface area contributed by atoms with E-state index in [1.54, 1.807) is 24.3 Å². The summed E-state index contributed by atoms with van der Waals surface area (Å²) in [5.41, 5.74) is 6.46. The van der Waals surface area contributed by atoms with Gasteiger partial charge in [0.05, 0.1) is 0 Å². The van der Waals surface area contributed by atoms with Gasteiger partial charge < -0.3 is 21.1 Å². The Kier molecular flexibility index (Phi) is 4.36. The number of nitrogens with two attached hydrogens (primary N) is 1. The molecule has 108 valence electrons. The number of amides is 2. The van der Waals surface area contributed by atoms with E-state index >= 15 is 0 Å². The lowest BCUT2D eigenvalue weighted by atomic mass is 9.90. The number of benzene rings is 1. The van der Waals surface area contributed by atoms with E-state index < -0.39 is 5.54 Å². The maximum atomic E-state index is 12.2. The van der Waals surface area contributed by atoms with Crippen molar-refractivity contribution < 1.29 is 14.3 Å². The molecule has 1 fully saturated rings. The third-order valence-corrected chi connectivity index (χ3v) is 3.28. The van der Waals surface area contributed by atoms with E-state index in [1.807, 2.05) is 0 Å². The van der Waals surface area contributed by atoms with Gasteiger partial charge in [0.1, 0.15) is 5.54 Å². The van der Waals surface area contributed by atoms with Crippen LogP contribution < -0.4 is 16.4 Å². The van der Waals surface area contributed by atoms with Crippen LogP contribution in [0.4, 0.5) is 11.4 Å². The molecule has 6 heteroatoms. The third-order valence-electron chi connectivity index (χ3n) is 3.28. The lowest BCUT2D eigenvalue weighted by molar-refractivity contribution is -0.124. The van der Waals surface area contributed by atoms with Gasteiger partial charge in [-0.3, -0.25) is 9.59 Å². The monoisotopic (exact) mass is 277 g/mol. The van der Waals surface area contributed by atoms with Crippen LogP contribution in [-0.2, 0) is 14.3 Å². The molecule has 1 aromatic rings. The maximum Gasteiger partial charge on any atom is 0.244 e. The largest absolute Gasteiger partial charge is 0.381 e. The average molecular weight is 277 g/mol. The predicted octanol–water partition coefficient (Wildman–Crippen LogP) is 1.09. The summed E-state index contributed by atoms with van der Waals surface area (Å²) in [5, 5.41) is 5.46. The van der Waals surface area contributed by atoms with Gasteiger partial charge in [0.2, 0.25) is 11.8 Å². The van der Waals surface area contributed by atoms with Crippen molar-refractivity contribution in [3.63, 3.8) is 0 Å². The highest BCUT2D eigenvalue weighted by Crippen LogP contribution is 2.21. The Bertz CT molecular complexity index is 510. The van der Waals surface area contributed by atoms with Crippen molar-refractivity contribution in [1.82, 2.24) is 0 Å². The molecule has 0 atom stereocenters. The lowest BCUT2D eigenvalue weighted by Gasteiger charge is -2.31. The predicted molar refractivity (Wildman–Crippen MR) is 76.3 cm³/mol. The van der Waals surface area contributed by atoms with Crippen LogP contribution >= 0.6 is 0 Å². The Labute approximate surface area is 117 Å². The molecule has 2 rings (SSSR count). The van der Waals surface area contributed by atoms with Crippen LogP contribution in [0.2, 0.25) is 0 Å². The normalized spacial score (nSPS) is 17.3. The van der Waals surface area contributed by atoms with Crippen molar-refractivity contribution in [2.24, 2.45) is 5.73 Å². The summed E-state index contributed by atoms with van der Waals surface area (Å²) in [6, 6.07) is 6.96. The van der Waals surface area contributed by atoms with Gasteiger partial charge in [-0.05, 0) is 31.0 Å². The average Bonchev–Trinajstić information content (AvgIpc) is 2.39. The zero-order valence-electron chi connectivity index (χ0n) is 11.4. The minimum atomic E-state index is -0.887. The quantitative estimate of drug-likeness (QED) is 0.771. The smallest absolute Gasteiger partial charge is 0.244 e. The molecule has 0 radical (unpaired) electrons. The van der Waals surface area contributed by atoms with Gasteiger partial charge in [0.15, 0.2) is 0 Å². The molecule has 1 aromatic carbocycles. The Morgan fingerprint density at radius 1 is 1.20 bits per heavy atom. The number of nitrogens with one attached hydrogen (secondary N) is 2. The first-order valence-corrected chi connectivity index (χ1v) is 6.55. The van der Waals surface area contributed by atoms with Crippen LogP contribution in [0.15, 0.2) is 24.3 Å². The second-order valence-corrected chi connectivity index (χ2v) is 4.98. The van der Waals surface area contributed by atoms with E-state index in [2.05, 4.69) is 10.6 Å². The first-order chi connectivity index (χ1) is 9.49. The van der Waals surface area contributed by atoms with E-state index in [1.165, 1.54) is 6.92 Å². The van der Waals surface area contributed by atoms with Crippen LogP contribution in [-0.4, -0.2) is 30.6 Å². The summed E-state index contributed by atoms with van der Waals surface area (Å²) in [5.74, 6) is -0.381. The molecule has 1 heterocycles. The Morgan fingerprint density at radius 3 is 2.40 bits per heavy atom. The molecule has 0 aromatic heterocycles. The fraction of sp³-hybridized carbons (Fsp3) is 0.429. The molecule has 1 aliphatic rings. The SMILES string of the molecule is CC(=O)Nc1cccc(NC(=O)C2(N)CCOCC2)c1. The molecular weight excluding hydrogens is 258 g/mol. The molecule has 0 saturated carbocycles. The number of hydrogen-bond donors (Lipinski definition) is 3. The molecule has 0 unspecified atom stereocenters.